The molecule has 0 saturated carbocycles. The van der Waals surface area contributed by atoms with E-state index in [4.69, 9.17) is 0 Å². The lowest BCUT2D eigenvalue weighted by molar-refractivity contribution is 0.745. The Morgan fingerprint density at radius 1 is 0.694 bits per heavy atom. The maximum absolute atomic E-state index is 10.6. The smallest absolute Gasteiger partial charge is 0.0998 e. The van der Waals surface area contributed by atoms with Crippen LogP contribution in [-0.4, -0.2) is 10.6 Å². The van der Waals surface area contributed by atoms with Gasteiger partial charge in [-0.25, -0.2) is 0 Å². The van der Waals surface area contributed by atoms with E-state index in [0.29, 0.717) is 17.0 Å². The molecule has 5 aromatic carbocycles. The molecule has 3 aliphatic rings. The van der Waals surface area contributed by atoms with Crippen molar-refractivity contribution in [2.45, 2.75) is 25.3 Å². The maximum Gasteiger partial charge on any atom is 0.0998 e. The monoisotopic (exact) mass is 628 g/mol. The first kappa shape index (κ1) is 28.8. The van der Waals surface area contributed by atoms with Crippen molar-refractivity contribution in [2.24, 2.45) is 5.92 Å². The third kappa shape index (κ3) is 4.42. The van der Waals surface area contributed by atoms with Gasteiger partial charge in [0.25, 0.3) is 0 Å². The molecule has 1 aliphatic heterocycles. The molecule has 0 saturated heterocycles. The number of anilines is 2. The summed E-state index contributed by atoms with van der Waals surface area (Å²) < 4.78 is 2.32. The average Bonchev–Trinajstić information content (AvgIpc) is 3.67. The molecule has 232 valence electrons. The van der Waals surface area contributed by atoms with Gasteiger partial charge in [-0.05, 0) is 83.1 Å². The highest BCUT2D eigenvalue weighted by atomic mass is 15.2. The lowest BCUT2D eigenvalue weighted by Gasteiger charge is -2.29. The molecule has 0 N–H and O–H groups in total. The topological polar surface area (TPSA) is 55.8 Å². The van der Waals surface area contributed by atoms with E-state index < -0.39 is 0 Å². The number of fused-ring (bicyclic) bond motifs is 6. The summed E-state index contributed by atoms with van der Waals surface area (Å²) in [6.07, 6.45) is 14.1. The fourth-order valence-corrected chi connectivity index (χ4v) is 8.26. The quantitative estimate of drug-likeness (QED) is 0.195. The largest absolute Gasteiger partial charge is 0.333 e. The van der Waals surface area contributed by atoms with Gasteiger partial charge in [0.05, 0.1) is 40.3 Å². The predicted molar refractivity (Wildman–Crippen MR) is 200 cm³/mol. The maximum atomic E-state index is 10.6. The van der Waals surface area contributed by atoms with Crippen molar-refractivity contribution >= 4 is 44.5 Å². The zero-order valence-corrected chi connectivity index (χ0v) is 27.1. The number of rotatable bonds is 4. The molecule has 4 nitrogen and oxygen atoms in total. The number of para-hydroxylation sites is 3. The third-order valence-corrected chi connectivity index (χ3v) is 10.5. The minimum absolute atomic E-state index is 0.152. The second-order valence-electron chi connectivity index (χ2n) is 13.1. The highest BCUT2D eigenvalue weighted by Crippen LogP contribution is 2.48. The number of nitriles is 2. The van der Waals surface area contributed by atoms with Crippen molar-refractivity contribution in [3.05, 3.63) is 168 Å². The Morgan fingerprint density at radius 2 is 1.33 bits per heavy atom. The normalized spacial score (nSPS) is 19.2. The highest BCUT2D eigenvalue weighted by Gasteiger charge is 2.37. The van der Waals surface area contributed by atoms with Crippen molar-refractivity contribution in [3.63, 3.8) is 0 Å². The molecular formula is C45H32N4. The Kier molecular flexibility index (Phi) is 6.71. The van der Waals surface area contributed by atoms with Gasteiger partial charge in [-0.15, -0.1) is 0 Å². The lowest BCUT2D eigenvalue weighted by atomic mass is 9.82. The van der Waals surface area contributed by atoms with Gasteiger partial charge < -0.3 is 9.47 Å². The predicted octanol–water partition coefficient (Wildman–Crippen LogP) is 10.9. The molecule has 4 heteroatoms. The summed E-state index contributed by atoms with van der Waals surface area (Å²) in [5.41, 5.74) is 11.7. The molecule has 0 radical (unpaired) electrons. The molecule has 3 atom stereocenters. The Hall–Kier alpha value is -6.36. The van der Waals surface area contributed by atoms with Crippen LogP contribution in [0.15, 0.2) is 146 Å². The van der Waals surface area contributed by atoms with Gasteiger partial charge in [-0.2, -0.15) is 10.5 Å². The average molecular weight is 629 g/mol. The Labute approximate surface area is 286 Å². The summed E-state index contributed by atoms with van der Waals surface area (Å²) in [6, 6.07) is 43.1. The molecule has 3 unspecified atom stereocenters. The number of benzene rings is 5. The first-order chi connectivity index (χ1) is 24.2. The minimum atomic E-state index is 0.152. The first-order valence-electron chi connectivity index (χ1n) is 16.9. The van der Waals surface area contributed by atoms with Gasteiger partial charge >= 0.3 is 0 Å². The van der Waals surface area contributed by atoms with Crippen LogP contribution in [0.2, 0.25) is 0 Å². The molecule has 0 bridgehead atoms. The van der Waals surface area contributed by atoms with Gasteiger partial charge in [-0.3, -0.25) is 0 Å². The van der Waals surface area contributed by atoms with Gasteiger partial charge in [0.1, 0.15) is 0 Å². The van der Waals surface area contributed by atoms with E-state index in [1.807, 2.05) is 12.1 Å². The molecule has 0 amide bonds. The first-order valence-corrected chi connectivity index (χ1v) is 16.9. The molecular weight excluding hydrogens is 597 g/mol. The third-order valence-electron chi connectivity index (χ3n) is 10.5. The zero-order chi connectivity index (χ0) is 33.1. The number of allylic oxidation sites excluding steroid dienone is 6. The molecule has 2 heterocycles. The standard InChI is InChI=1S/C45H32N4/c1-29-11-10-20-44(49-42-18-8-4-14-36(42)37-15-5-9-19-43(37)49)45(29)39-26-31(27-46)38(25-32(39)28-47)30-21-23-33(24-22-30)48-40-16-6-2-12-34(40)35-13-3-7-17-41(35)48/h2-10,12-26,29,34,40H,11H2,1H3. The van der Waals surface area contributed by atoms with Crippen LogP contribution in [-0.2, 0) is 0 Å². The summed E-state index contributed by atoms with van der Waals surface area (Å²) in [5.74, 6) is 0.468. The van der Waals surface area contributed by atoms with Crippen molar-refractivity contribution in [1.82, 2.24) is 4.57 Å². The summed E-state index contributed by atoms with van der Waals surface area (Å²) in [4.78, 5) is 2.40. The SMILES string of the molecule is CC1CC=CC(n2c3ccccc3c3ccccc32)=C1c1cc(C#N)c(-c2ccc(N3c4ccccc4C4C=CC=CC43)cc2)cc1C#N. The van der Waals surface area contributed by atoms with Gasteiger partial charge in [-0.1, -0.05) is 104 Å². The Bertz CT molecular complexity index is 2470. The van der Waals surface area contributed by atoms with Crippen LogP contribution in [0.3, 0.4) is 0 Å². The van der Waals surface area contributed by atoms with Crippen LogP contribution in [0.1, 0.15) is 41.5 Å². The van der Waals surface area contributed by atoms with Crippen molar-refractivity contribution in [2.75, 3.05) is 4.90 Å². The van der Waals surface area contributed by atoms with Crippen LogP contribution in [0, 0.1) is 28.6 Å². The number of aromatic nitrogens is 1. The van der Waals surface area contributed by atoms with E-state index in [0.717, 1.165) is 51.1 Å². The molecule has 0 spiro atoms. The van der Waals surface area contributed by atoms with E-state index in [2.05, 4.69) is 162 Å². The summed E-state index contributed by atoms with van der Waals surface area (Å²) >= 11 is 0. The second-order valence-corrected chi connectivity index (χ2v) is 13.1. The molecule has 49 heavy (non-hydrogen) atoms. The van der Waals surface area contributed by atoms with Gasteiger partial charge in [0.15, 0.2) is 0 Å². The van der Waals surface area contributed by atoms with Crippen LogP contribution in [0.5, 0.6) is 0 Å². The van der Waals surface area contributed by atoms with E-state index in [1.54, 1.807) is 0 Å². The fraction of sp³-hybridized carbons (Fsp3) is 0.111. The second kappa shape index (κ2) is 11.4. The lowest BCUT2D eigenvalue weighted by Crippen LogP contribution is -2.28. The van der Waals surface area contributed by atoms with Crippen LogP contribution in [0.4, 0.5) is 11.4 Å². The molecule has 1 aromatic heterocycles. The number of hydrogen-bond donors (Lipinski definition) is 0. The fourth-order valence-electron chi connectivity index (χ4n) is 8.26. The van der Waals surface area contributed by atoms with Gasteiger partial charge in [0.2, 0.25) is 0 Å². The number of nitrogens with zero attached hydrogens (tertiary/aromatic N) is 4. The molecule has 9 rings (SSSR count). The van der Waals surface area contributed by atoms with Crippen LogP contribution >= 0.6 is 0 Å². The van der Waals surface area contributed by atoms with E-state index in [9.17, 15) is 10.5 Å². The van der Waals surface area contributed by atoms with Crippen molar-refractivity contribution in [1.29, 1.82) is 10.5 Å². The van der Waals surface area contributed by atoms with Crippen LogP contribution in [0.25, 0.3) is 44.2 Å². The van der Waals surface area contributed by atoms with E-state index in [1.165, 1.54) is 22.0 Å². The van der Waals surface area contributed by atoms with Crippen LogP contribution < -0.4 is 4.90 Å². The summed E-state index contributed by atoms with van der Waals surface area (Å²) in [5, 5.41) is 23.5. The molecule has 2 aliphatic carbocycles. The summed E-state index contributed by atoms with van der Waals surface area (Å²) in [7, 11) is 0. The highest BCUT2D eigenvalue weighted by molar-refractivity contribution is 6.12. The van der Waals surface area contributed by atoms with E-state index >= 15 is 0 Å². The van der Waals surface area contributed by atoms with E-state index in [-0.39, 0.29) is 12.0 Å². The summed E-state index contributed by atoms with van der Waals surface area (Å²) in [6.45, 7) is 2.21. The Balaban J connectivity index is 1.17. The minimum Gasteiger partial charge on any atom is -0.333 e. The zero-order valence-electron chi connectivity index (χ0n) is 27.1. The van der Waals surface area contributed by atoms with Crippen molar-refractivity contribution in [3.8, 4) is 23.3 Å². The molecule has 0 fully saturated rings. The van der Waals surface area contributed by atoms with Crippen molar-refractivity contribution < 1.29 is 0 Å². The molecule has 6 aromatic rings. The van der Waals surface area contributed by atoms with Gasteiger partial charge in [0, 0.05) is 39.3 Å². The number of hydrogen-bond acceptors (Lipinski definition) is 3. The Morgan fingerprint density at radius 3 is 2.06 bits per heavy atom.